The number of hydrogen-bond acceptors (Lipinski definition) is 4. The molecule has 0 aromatic rings. The fourth-order valence-electron chi connectivity index (χ4n) is 2.42. The number of piperazine rings is 1. The molecule has 2 heterocycles. The second-order valence-electron chi connectivity index (χ2n) is 5.70. The summed E-state index contributed by atoms with van der Waals surface area (Å²) in [7, 11) is 0. The molecule has 2 unspecified atom stereocenters. The number of nitrogens with one attached hydrogen (secondary N) is 1. The number of carbonyl (C=O) groups is 1. The first-order valence-corrected chi connectivity index (χ1v) is 5.94. The molecule has 6 nitrogen and oxygen atoms in total. The van der Waals surface area contributed by atoms with Crippen LogP contribution in [0.5, 0.6) is 0 Å². The summed E-state index contributed by atoms with van der Waals surface area (Å²) in [5.41, 5.74) is -1.31. The lowest BCUT2D eigenvalue weighted by molar-refractivity contribution is -0.424. The lowest BCUT2D eigenvalue weighted by Crippen LogP contribution is -2.63. The molecule has 2 atom stereocenters. The van der Waals surface area contributed by atoms with Gasteiger partial charge < -0.3 is 10.4 Å². The van der Waals surface area contributed by atoms with Crippen LogP contribution in [0.2, 0.25) is 0 Å². The standard InChI is InChI=1S/C11H20N2O4/c1-10(2,3)16-17-11-5-4-8(6-12-7-11)13(11)9(14)15/h8,12H,4-7H2,1-3H3,(H,14,15). The Morgan fingerprint density at radius 1 is 1.53 bits per heavy atom. The zero-order valence-corrected chi connectivity index (χ0v) is 10.5. The minimum absolute atomic E-state index is 0.00943. The van der Waals surface area contributed by atoms with E-state index in [0.717, 1.165) is 6.42 Å². The van der Waals surface area contributed by atoms with Crippen LogP contribution in [0.3, 0.4) is 0 Å². The molecule has 98 valence electrons. The first-order chi connectivity index (χ1) is 7.84. The van der Waals surface area contributed by atoms with Crippen molar-refractivity contribution in [3.8, 4) is 0 Å². The van der Waals surface area contributed by atoms with Gasteiger partial charge in [0.2, 0.25) is 0 Å². The molecule has 0 aromatic heterocycles. The second kappa shape index (κ2) is 4.12. The van der Waals surface area contributed by atoms with Crippen LogP contribution in [0.15, 0.2) is 0 Å². The van der Waals surface area contributed by atoms with Crippen LogP contribution in [0.4, 0.5) is 4.79 Å². The van der Waals surface area contributed by atoms with E-state index in [1.54, 1.807) is 0 Å². The largest absolute Gasteiger partial charge is 0.465 e. The lowest BCUT2D eigenvalue weighted by atomic mass is 10.1. The average molecular weight is 244 g/mol. The van der Waals surface area contributed by atoms with Crippen molar-refractivity contribution in [2.24, 2.45) is 0 Å². The summed E-state index contributed by atoms with van der Waals surface area (Å²) < 4.78 is 0. The molecule has 0 spiro atoms. The Morgan fingerprint density at radius 2 is 2.24 bits per heavy atom. The molecule has 2 fully saturated rings. The van der Waals surface area contributed by atoms with E-state index >= 15 is 0 Å². The number of fused-ring (bicyclic) bond motifs is 2. The maximum Gasteiger partial charge on any atom is 0.410 e. The van der Waals surface area contributed by atoms with Gasteiger partial charge in [0.1, 0.15) is 0 Å². The van der Waals surface area contributed by atoms with Gasteiger partial charge in [-0.15, -0.1) is 0 Å². The summed E-state index contributed by atoms with van der Waals surface area (Å²) >= 11 is 0. The van der Waals surface area contributed by atoms with Crippen molar-refractivity contribution in [1.29, 1.82) is 0 Å². The highest BCUT2D eigenvalue weighted by Crippen LogP contribution is 2.38. The summed E-state index contributed by atoms with van der Waals surface area (Å²) in [5, 5.41) is 12.5. The first kappa shape index (κ1) is 12.6. The molecule has 0 saturated carbocycles. The van der Waals surface area contributed by atoms with Crippen LogP contribution in [-0.4, -0.2) is 46.6 Å². The molecule has 2 aliphatic rings. The molecular formula is C11H20N2O4. The fourth-order valence-corrected chi connectivity index (χ4v) is 2.42. The number of nitrogens with zero attached hydrogens (tertiary/aromatic N) is 1. The van der Waals surface area contributed by atoms with Crippen LogP contribution >= 0.6 is 0 Å². The summed E-state index contributed by atoms with van der Waals surface area (Å²) in [6.45, 7) is 6.78. The summed E-state index contributed by atoms with van der Waals surface area (Å²) in [6, 6.07) is -0.00943. The molecule has 0 aromatic carbocycles. The van der Waals surface area contributed by atoms with E-state index in [4.69, 9.17) is 9.78 Å². The third kappa shape index (κ3) is 2.38. The molecule has 2 N–H and O–H groups in total. The third-order valence-corrected chi connectivity index (χ3v) is 3.11. The van der Waals surface area contributed by atoms with Gasteiger partial charge in [-0.2, -0.15) is 0 Å². The van der Waals surface area contributed by atoms with Gasteiger partial charge in [0.25, 0.3) is 0 Å². The normalized spacial score (nSPS) is 32.9. The van der Waals surface area contributed by atoms with E-state index in [1.807, 2.05) is 20.8 Å². The highest BCUT2D eigenvalue weighted by molar-refractivity contribution is 5.67. The summed E-state index contributed by atoms with van der Waals surface area (Å²) in [4.78, 5) is 23.5. The number of carboxylic acid groups (broad SMARTS) is 1. The molecule has 17 heavy (non-hydrogen) atoms. The van der Waals surface area contributed by atoms with Gasteiger partial charge in [0.15, 0.2) is 5.72 Å². The van der Waals surface area contributed by atoms with Crippen LogP contribution in [0.25, 0.3) is 0 Å². The third-order valence-electron chi connectivity index (χ3n) is 3.11. The number of rotatable bonds is 2. The van der Waals surface area contributed by atoms with Crippen molar-refractivity contribution in [3.63, 3.8) is 0 Å². The van der Waals surface area contributed by atoms with Crippen LogP contribution < -0.4 is 5.32 Å². The fraction of sp³-hybridized carbons (Fsp3) is 0.909. The molecule has 2 aliphatic heterocycles. The Balaban J connectivity index is 2.12. The van der Waals surface area contributed by atoms with Crippen molar-refractivity contribution in [1.82, 2.24) is 10.2 Å². The second-order valence-corrected chi connectivity index (χ2v) is 5.70. The minimum Gasteiger partial charge on any atom is -0.465 e. The van der Waals surface area contributed by atoms with Gasteiger partial charge in [0, 0.05) is 19.5 Å². The van der Waals surface area contributed by atoms with E-state index in [-0.39, 0.29) is 6.04 Å². The van der Waals surface area contributed by atoms with Crippen LogP contribution in [0.1, 0.15) is 33.6 Å². The van der Waals surface area contributed by atoms with Gasteiger partial charge >= 0.3 is 6.09 Å². The lowest BCUT2D eigenvalue weighted by Gasteiger charge is -2.42. The molecule has 0 aliphatic carbocycles. The van der Waals surface area contributed by atoms with Gasteiger partial charge in [-0.3, -0.25) is 4.90 Å². The zero-order valence-electron chi connectivity index (χ0n) is 10.5. The van der Waals surface area contributed by atoms with E-state index < -0.39 is 17.4 Å². The highest BCUT2D eigenvalue weighted by atomic mass is 17.2. The Hall–Kier alpha value is -0.850. The molecule has 6 heteroatoms. The SMILES string of the molecule is CC(C)(C)OOC12CCC(CNC1)N2C(=O)O. The van der Waals surface area contributed by atoms with Crippen molar-refractivity contribution in [2.75, 3.05) is 13.1 Å². The smallest absolute Gasteiger partial charge is 0.410 e. The number of hydrogen-bond donors (Lipinski definition) is 2. The van der Waals surface area contributed by atoms with Crippen LogP contribution in [0, 0.1) is 0 Å². The Labute approximate surface area is 101 Å². The van der Waals surface area contributed by atoms with Gasteiger partial charge in [0.05, 0.1) is 11.6 Å². The van der Waals surface area contributed by atoms with Crippen molar-refractivity contribution >= 4 is 6.09 Å². The predicted molar refractivity (Wildman–Crippen MR) is 60.4 cm³/mol. The Morgan fingerprint density at radius 3 is 2.82 bits per heavy atom. The Bertz CT molecular complexity index is 311. The maximum absolute atomic E-state index is 11.3. The topological polar surface area (TPSA) is 71.0 Å². The van der Waals surface area contributed by atoms with E-state index in [2.05, 4.69) is 5.32 Å². The molecular weight excluding hydrogens is 224 g/mol. The summed E-state index contributed by atoms with van der Waals surface area (Å²) in [6.07, 6.45) is 0.548. The van der Waals surface area contributed by atoms with Crippen molar-refractivity contribution in [2.45, 2.75) is 51.0 Å². The molecule has 2 rings (SSSR count). The van der Waals surface area contributed by atoms with Gasteiger partial charge in [-0.1, -0.05) is 0 Å². The monoisotopic (exact) mass is 244 g/mol. The highest BCUT2D eigenvalue weighted by Gasteiger charge is 2.54. The van der Waals surface area contributed by atoms with Crippen molar-refractivity contribution in [3.05, 3.63) is 0 Å². The zero-order chi connectivity index (χ0) is 12.7. The molecule has 0 radical (unpaired) electrons. The van der Waals surface area contributed by atoms with Crippen LogP contribution in [-0.2, 0) is 9.78 Å². The van der Waals surface area contributed by atoms with Gasteiger partial charge in [-0.05, 0) is 27.2 Å². The van der Waals surface area contributed by atoms with E-state index in [0.29, 0.717) is 19.5 Å². The molecule has 2 bridgehead atoms. The van der Waals surface area contributed by atoms with Gasteiger partial charge in [-0.25, -0.2) is 14.6 Å². The van der Waals surface area contributed by atoms with E-state index in [1.165, 1.54) is 4.90 Å². The quantitative estimate of drug-likeness (QED) is 0.563. The average Bonchev–Trinajstić information content (AvgIpc) is 2.44. The minimum atomic E-state index is -0.938. The molecule has 1 amide bonds. The maximum atomic E-state index is 11.3. The van der Waals surface area contributed by atoms with Crippen molar-refractivity contribution < 1.29 is 19.7 Å². The Kier molecular flexibility index (Phi) is 3.05. The summed E-state index contributed by atoms with van der Waals surface area (Å²) in [5.74, 6) is 0. The van der Waals surface area contributed by atoms with E-state index in [9.17, 15) is 9.90 Å². The first-order valence-electron chi connectivity index (χ1n) is 5.94. The molecule has 2 saturated heterocycles. The predicted octanol–water partition coefficient (Wildman–Crippen LogP) is 1.18. The number of amides is 1.